The predicted octanol–water partition coefficient (Wildman–Crippen LogP) is 2.58. The Kier molecular flexibility index (Phi) is 9.71. The third-order valence-electron chi connectivity index (χ3n) is 5.58. The number of nitrogens with zero attached hydrogens (tertiary/aromatic N) is 2. The van der Waals surface area contributed by atoms with Gasteiger partial charge in [0.2, 0.25) is 5.91 Å². The van der Waals surface area contributed by atoms with Crippen molar-refractivity contribution in [2.45, 2.75) is 78.1 Å². The molecular weight excluding hydrogens is 466 g/mol. The van der Waals surface area contributed by atoms with Gasteiger partial charge in [0.1, 0.15) is 23.4 Å². The molecule has 2 rings (SSSR count). The lowest BCUT2D eigenvalue weighted by Gasteiger charge is -2.25. The molecule has 0 fully saturated rings. The topological polar surface area (TPSA) is 158 Å². The van der Waals surface area contributed by atoms with E-state index >= 15 is 0 Å². The smallest absolute Gasteiger partial charge is 0.408 e. The van der Waals surface area contributed by atoms with Gasteiger partial charge in [0.25, 0.3) is 0 Å². The number of aliphatic carboxylic acids is 1. The molecule has 2 amide bonds. The normalized spacial score (nSPS) is 12.9. The van der Waals surface area contributed by atoms with Crippen LogP contribution in [0.25, 0.3) is 0 Å². The average Bonchev–Trinajstić information content (AvgIpc) is 3.17. The van der Waals surface area contributed by atoms with Crippen molar-refractivity contribution in [3.8, 4) is 5.75 Å². The standard InChI is InChI=1S/C25H37N5O6/c1-15-12-17(35-6)13-16(2)18(15)14-20(22(32)33)28-21(31)19(29-24(34)36-25(3,4)5)8-7-10-30-11-9-27-23(30)26/h9,11-13,19-20H,7-8,10,14H2,1-6H3,(H2,26,27)(H,28,31)(H,29,34)(H,32,33). The van der Waals surface area contributed by atoms with Crippen LogP contribution in [0.5, 0.6) is 5.75 Å². The van der Waals surface area contributed by atoms with E-state index in [9.17, 15) is 19.5 Å². The molecule has 0 aliphatic heterocycles. The Labute approximate surface area is 211 Å². The zero-order chi connectivity index (χ0) is 27.0. The summed E-state index contributed by atoms with van der Waals surface area (Å²) in [6.07, 6.45) is 3.30. The molecule has 2 atom stereocenters. The number of carboxylic acids is 1. The number of aryl methyl sites for hydroxylation is 3. The van der Waals surface area contributed by atoms with Crippen LogP contribution in [-0.2, 0) is 27.3 Å². The number of imidazole rings is 1. The van der Waals surface area contributed by atoms with Crippen LogP contribution in [-0.4, -0.2) is 57.4 Å². The van der Waals surface area contributed by atoms with Crippen LogP contribution in [0.4, 0.5) is 10.7 Å². The molecule has 2 unspecified atom stereocenters. The van der Waals surface area contributed by atoms with Gasteiger partial charge in [0.15, 0.2) is 5.95 Å². The summed E-state index contributed by atoms with van der Waals surface area (Å²) in [6, 6.07) is 1.43. The minimum Gasteiger partial charge on any atom is -0.497 e. The third-order valence-corrected chi connectivity index (χ3v) is 5.58. The van der Waals surface area contributed by atoms with Crippen LogP contribution in [0, 0.1) is 13.8 Å². The second-order valence-corrected chi connectivity index (χ2v) is 9.66. The number of aromatic nitrogens is 2. The lowest BCUT2D eigenvalue weighted by molar-refractivity contribution is -0.142. The van der Waals surface area contributed by atoms with Gasteiger partial charge in [-0.1, -0.05) is 0 Å². The van der Waals surface area contributed by atoms with Crippen LogP contribution >= 0.6 is 0 Å². The molecule has 5 N–H and O–H groups in total. The fraction of sp³-hybridized carbons (Fsp3) is 0.520. The fourth-order valence-corrected chi connectivity index (χ4v) is 3.78. The van der Waals surface area contributed by atoms with E-state index in [4.69, 9.17) is 15.2 Å². The summed E-state index contributed by atoms with van der Waals surface area (Å²) in [5.41, 5.74) is 7.54. The highest BCUT2D eigenvalue weighted by Gasteiger charge is 2.29. The molecule has 0 spiro atoms. The number of rotatable bonds is 11. The number of methoxy groups -OCH3 is 1. The largest absolute Gasteiger partial charge is 0.497 e. The highest BCUT2D eigenvalue weighted by atomic mass is 16.6. The van der Waals surface area contributed by atoms with Crippen molar-refractivity contribution >= 4 is 23.9 Å². The van der Waals surface area contributed by atoms with Gasteiger partial charge in [-0.05, 0) is 76.3 Å². The van der Waals surface area contributed by atoms with Crippen LogP contribution in [0.2, 0.25) is 0 Å². The summed E-state index contributed by atoms with van der Waals surface area (Å²) < 4.78 is 12.3. The molecular formula is C25H37N5O6. The van der Waals surface area contributed by atoms with Gasteiger partial charge < -0.3 is 35.5 Å². The van der Waals surface area contributed by atoms with Crippen molar-refractivity contribution in [3.05, 3.63) is 41.2 Å². The number of amides is 2. The maximum absolute atomic E-state index is 13.2. The first-order valence-corrected chi connectivity index (χ1v) is 11.7. The van der Waals surface area contributed by atoms with E-state index < -0.39 is 35.7 Å². The van der Waals surface area contributed by atoms with Gasteiger partial charge in [0.05, 0.1) is 7.11 Å². The van der Waals surface area contributed by atoms with E-state index in [-0.39, 0.29) is 12.8 Å². The van der Waals surface area contributed by atoms with E-state index in [1.807, 2.05) is 26.0 Å². The lowest BCUT2D eigenvalue weighted by atomic mass is 9.95. The zero-order valence-corrected chi connectivity index (χ0v) is 21.8. The van der Waals surface area contributed by atoms with Crippen LogP contribution < -0.4 is 21.1 Å². The van der Waals surface area contributed by atoms with Gasteiger partial charge in [-0.2, -0.15) is 0 Å². The Morgan fingerprint density at radius 3 is 2.28 bits per heavy atom. The van der Waals surface area contributed by atoms with Crippen molar-refractivity contribution in [1.29, 1.82) is 0 Å². The first-order valence-electron chi connectivity index (χ1n) is 11.7. The van der Waals surface area contributed by atoms with E-state index in [0.29, 0.717) is 24.7 Å². The number of carbonyl (C=O) groups is 3. The predicted molar refractivity (Wildman–Crippen MR) is 135 cm³/mol. The molecule has 11 heteroatoms. The van der Waals surface area contributed by atoms with Crippen molar-refractivity contribution in [3.63, 3.8) is 0 Å². The summed E-state index contributed by atoms with van der Waals surface area (Å²) in [7, 11) is 1.56. The first-order chi connectivity index (χ1) is 16.8. The number of nitrogen functional groups attached to an aromatic ring is 1. The number of carboxylic acid groups (broad SMARTS) is 1. The second kappa shape index (κ2) is 12.3. The monoisotopic (exact) mass is 503 g/mol. The van der Waals surface area contributed by atoms with Crippen molar-refractivity contribution in [2.24, 2.45) is 0 Å². The number of alkyl carbamates (subject to hydrolysis) is 1. The Hall–Kier alpha value is -3.76. The molecule has 1 heterocycles. The Morgan fingerprint density at radius 2 is 1.78 bits per heavy atom. The number of nitrogens with two attached hydrogens (primary N) is 1. The number of anilines is 1. The number of hydrogen-bond acceptors (Lipinski definition) is 7. The highest BCUT2D eigenvalue weighted by Crippen LogP contribution is 2.23. The van der Waals surface area contributed by atoms with Crippen LogP contribution in [0.1, 0.15) is 50.3 Å². The van der Waals surface area contributed by atoms with Gasteiger partial charge in [-0.25, -0.2) is 14.6 Å². The maximum Gasteiger partial charge on any atom is 0.408 e. The van der Waals surface area contributed by atoms with Crippen molar-refractivity contribution in [1.82, 2.24) is 20.2 Å². The SMILES string of the molecule is COc1cc(C)c(CC(NC(=O)C(CCCn2ccnc2N)NC(=O)OC(C)(C)C)C(=O)O)c(C)c1. The lowest BCUT2D eigenvalue weighted by Crippen LogP contribution is -2.53. The number of nitrogens with one attached hydrogen (secondary N) is 2. The molecule has 198 valence electrons. The Morgan fingerprint density at radius 1 is 1.14 bits per heavy atom. The average molecular weight is 504 g/mol. The van der Waals surface area contributed by atoms with Gasteiger partial charge in [0, 0.05) is 25.4 Å². The molecule has 1 aromatic heterocycles. The Balaban J connectivity index is 2.17. The molecule has 11 nitrogen and oxygen atoms in total. The Bertz CT molecular complexity index is 1050. The summed E-state index contributed by atoms with van der Waals surface area (Å²) in [5, 5.41) is 15.0. The van der Waals surface area contributed by atoms with Gasteiger partial charge >= 0.3 is 12.1 Å². The molecule has 0 saturated carbocycles. The van der Waals surface area contributed by atoms with E-state index in [1.54, 1.807) is 44.8 Å². The number of carbonyl (C=O) groups excluding carboxylic acids is 2. The molecule has 0 saturated heterocycles. The molecule has 0 aliphatic carbocycles. The van der Waals surface area contributed by atoms with Crippen LogP contribution in [0.3, 0.4) is 0 Å². The third kappa shape index (κ3) is 8.47. The zero-order valence-electron chi connectivity index (χ0n) is 21.8. The van der Waals surface area contributed by atoms with Gasteiger partial charge in [-0.3, -0.25) is 4.79 Å². The van der Waals surface area contributed by atoms with E-state index in [0.717, 1.165) is 16.7 Å². The minimum atomic E-state index is -1.20. The minimum absolute atomic E-state index is 0.0768. The summed E-state index contributed by atoms with van der Waals surface area (Å²) in [5.74, 6) is -0.784. The van der Waals surface area contributed by atoms with E-state index in [2.05, 4.69) is 15.6 Å². The number of ether oxygens (including phenoxy) is 2. The summed E-state index contributed by atoms with van der Waals surface area (Å²) in [4.78, 5) is 41.6. The molecule has 1 aromatic carbocycles. The number of benzene rings is 1. The summed E-state index contributed by atoms with van der Waals surface area (Å²) in [6.45, 7) is 9.33. The molecule has 2 aromatic rings. The fourth-order valence-electron chi connectivity index (χ4n) is 3.78. The number of hydrogen-bond donors (Lipinski definition) is 4. The quantitative estimate of drug-likeness (QED) is 0.364. The maximum atomic E-state index is 13.2. The molecule has 0 aliphatic rings. The second-order valence-electron chi connectivity index (χ2n) is 9.66. The molecule has 0 radical (unpaired) electrons. The van der Waals surface area contributed by atoms with Crippen LogP contribution in [0.15, 0.2) is 24.5 Å². The van der Waals surface area contributed by atoms with E-state index in [1.165, 1.54) is 0 Å². The summed E-state index contributed by atoms with van der Waals surface area (Å²) >= 11 is 0. The first kappa shape index (κ1) is 28.5. The highest BCUT2D eigenvalue weighted by molar-refractivity contribution is 5.89. The molecule has 0 bridgehead atoms. The van der Waals surface area contributed by atoms with Crippen molar-refractivity contribution < 1.29 is 29.0 Å². The molecule has 36 heavy (non-hydrogen) atoms. The van der Waals surface area contributed by atoms with Crippen molar-refractivity contribution in [2.75, 3.05) is 12.8 Å². The van der Waals surface area contributed by atoms with Gasteiger partial charge in [-0.15, -0.1) is 0 Å².